The van der Waals surface area contributed by atoms with E-state index >= 15 is 0 Å². The highest BCUT2D eigenvalue weighted by Gasteiger charge is 1.99. The van der Waals surface area contributed by atoms with E-state index in [9.17, 15) is 0 Å². The Hall–Kier alpha value is -1.46. The summed E-state index contributed by atoms with van der Waals surface area (Å²) in [4.78, 5) is 8.01. The van der Waals surface area contributed by atoms with Crippen LogP contribution in [-0.2, 0) is 13.2 Å². The van der Waals surface area contributed by atoms with Gasteiger partial charge in [-0.05, 0) is 17.7 Å². The zero-order chi connectivity index (χ0) is 12.1. The molecule has 0 bridgehead atoms. The Morgan fingerprint density at radius 2 is 1.88 bits per heavy atom. The summed E-state index contributed by atoms with van der Waals surface area (Å²) in [6.45, 7) is 0.334. The van der Waals surface area contributed by atoms with Crippen LogP contribution >= 0.6 is 15.9 Å². The lowest BCUT2D eigenvalue weighted by Crippen LogP contribution is -1.99. The van der Waals surface area contributed by atoms with Crippen LogP contribution in [0.5, 0.6) is 5.88 Å². The Balaban J connectivity index is 1.95. The average Bonchev–Trinajstić information content (AvgIpc) is 2.39. The van der Waals surface area contributed by atoms with Crippen molar-refractivity contribution in [2.24, 2.45) is 0 Å². The summed E-state index contributed by atoms with van der Waals surface area (Å²) >= 11 is 3.37. The molecule has 4 nitrogen and oxygen atoms in total. The monoisotopic (exact) mass is 294 g/mol. The van der Waals surface area contributed by atoms with Gasteiger partial charge in [0.05, 0.1) is 24.7 Å². The molecule has 1 heterocycles. The number of aliphatic hydroxyl groups is 1. The lowest BCUT2D eigenvalue weighted by atomic mass is 10.2. The molecule has 0 radical (unpaired) electrons. The number of ether oxygens (including phenoxy) is 1. The van der Waals surface area contributed by atoms with Gasteiger partial charge in [-0.15, -0.1) is 0 Å². The number of rotatable bonds is 4. The molecule has 0 aliphatic carbocycles. The van der Waals surface area contributed by atoms with E-state index in [1.807, 2.05) is 24.3 Å². The quantitative estimate of drug-likeness (QED) is 0.940. The number of aliphatic hydroxyl groups excluding tert-OH is 1. The first kappa shape index (κ1) is 12.0. The highest BCUT2D eigenvalue weighted by Crippen LogP contribution is 2.12. The molecule has 5 heteroatoms. The molecule has 0 fully saturated rings. The fourth-order valence-corrected chi connectivity index (χ4v) is 1.50. The molecule has 0 aliphatic heterocycles. The first-order chi connectivity index (χ1) is 8.28. The van der Waals surface area contributed by atoms with Crippen LogP contribution in [0.25, 0.3) is 0 Å². The molecule has 1 aromatic carbocycles. The van der Waals surface area contributed by atoms with Crippen LogP contribution in [0, 0.1) is 0 Å². The first-order valence-corrected chi connectivity index (χ1v) is 5.86. The maximum absolute atomic E-state index is 8.81. The summed E-state index contributed by atoms with van der Waals surface area (Å²) in [5.41, 5.74) is 1.59. The molecule has 0 unspecified atom stereocenters. The summed E-state index contributed by atoms with van der Waals surface area (Å²) in [5, 5.41) is 8.81. The zero-order valence-electron chi connectivity index (χ0n) is 9.01. The molecule has 2 rings (SSSR count). The Morgan fingerprint density at radius 1 is 1.12 bits per heavy atom. The van der Waals surface area contributed by atoms with Crippen LogP contribution in [0.15, 0.2) is 41.1 Å². The molecule has 17 heavy (non-hydrogen) atoms. The van der Waals surface area contributed by atoms with Crippen molar-refractivity contribution in [2.45, 2.75) is 13.2 Å². The molecule has 0 aliphatic rings. The molecule has 1 N–H and O–H groups in total. The third kappa shape index (κ3) is 3.51. The largest absolute Gasteiger partial charge is 0.472 e. The van der Waals surface area contributed by atoms with E-state index < -0.39 is 0 Å². The number of nitrogens with zero attached hydrogens (tertiary/aromatic N) is 2. The SMILES string of the molecule is OCc1cnc(OCc2ccc(Br)cc2)cn1. The van der Waals surface area contributed by atoms with Gasteiger partial charge in [0.2, 0.25) is 5.88 Å². The van der Waals surface area contributed by atoms with Gasteiger partial charge >= 0.3 is 0 Å². The highest BCUT2D eigenvalue weighted by molar-refractivity contribution is 9.10. The van der Waals surface area contributed by atoms with Gasteiger partial charge in [0, 0.05) is 4.47 Å². The lowest BCUT2D eigenvalue weighted by molar-refractivity contribution is 0.271. The lowest BCUT2D eigenvalue weighted by Gasteiger charge is -2.05. The van der Waals surface area contributed by atoms with Crippen LogP contribution in [0.1, 0.15) is 11.3 Å². The second-order valence-corrected chi connectivity index (χ2v) is 4.33. The topological polar surface area (TPSA) is 55.2 Å². The minimum Gasteiger partial charge on any atom is -0.472 e. The number of aromatic nitrogens is 2. The Bertz CT molecular complexity index is 471. The second kappa shape index (κ2) is 5.75. The molecule has 0 saturated heterocycles. The second-order valence-electron chi connectivity index (χ2n) is 3.42. The van der Waals surface area contributed by atoms with E-state index in [1.54, 1.807) is 0 Å². The highest BCUT2D eigenvalue weighted by atomic mass is 79.9. The van der Waals surface area contributed by atoms with Gasteiger partial charge in [0.15, 0.2) is 0 Å². The molecule has 0 amide bonds. The first-order valence-electron chi connectivity index (χ1n) is 5.07. The predicted octanol–water partition coefficient (Wildman–Crippen LogP) is 2.31. The van der Waals surface area contributed by atoms with Crippen LogP contribution in [0.2, 0.25) is 0 Å². The van der Waals surface area contributed by atoms with Gasteiger partial charge in [-0.2, -0.15) is 0 Å². The average molecular weight is 295 g/mol. The van der Waals surface area contributed by atoms with Crippen molar-refractivity contribution in [1.82, 2.24) is 9.97 Å². The van der Waals surface area contributed by atoms with Gasteiger partial charge in [-0.25, -0.2) is 4.98 Å². The van der Waals surface area contributed by atoms with Gasteiger partial charge in [0.1, 0.15) is 6.61 Å². The number of halogens is 1. The van der Waals surface area contributed by atoms with Gasteiger partial charge in [-0.3, -0.25) is 4.98 Å². The molecule has 2 aromatic rings. The van der Waals surface area contributed by atoms with Crippen molar-refractivity contribution in [3.05, 3.63) is 52.4 Å². The van der Waals surface area contributed by atoms with Crippen molar-refractivity contribution >= 4 is 15.9 Å². The third-order valence-electron chi connectivity index (χ3n) is 2.14. The zero-order valence-corrected chi connectivity index (χ0v) is 10.6. The summed E-state index contributed by atoms with van der Waals surface area (Å²) in [6, 6.07) is 7.86. The standard InChI is InChI=1S/C12H11BrN2O2/c13-10-3-1-9(2-4-10)8-17-12-6-14-11(7-16)5-15-12/h1-6,16H,7-8H2. The maximum Gasteiger partial charge on any atom is 0.232 e. The van der Waals surface area contributed by atoms with E-state index in [-0.39, 0.29) is 6.61 Å². The van der Waals surface area contributed by atoms with Crippen LogP contribution < -0.4 is 4.74 Å². The van der Waals surface area contributed by atoms with Crippen LogP contribution in [0.3, 0.4) is 0 Å². The van der Waals surface area contributed by atoms with E-state index in [0.29, 0.717) is 18.2 Å². The van der Waals surface area contributed by atoms with Crippen molar-refractivity contribution in [1.29, 1.82) is 0 Å². The Labute approximate surface area is 107 Å². The summed E-state index contributed by atoms with van der Waals surface area (Å²) in [5.74, 6) is 0.449. The van der Waals surface area contributed by atoms with E-state index in [2.05, 4.69) is 25.9 Å². The molecule has 0 saturated carbocycles. The minimum absolute atomic E-state index is 0.111. The number of hydrogen-bond donors (Lipinski definition) is 1. The van der Waals surface area contributed by atoms with Gasteiger partial charge in [-0.1, -0.05) is 28.1 Å². The summed E-state index contributed by atoms with van der Waals surface area (Å²) in [7, 11) is 0. The van der Waals surface area contributed by atoms with Crippen LogP contribution in [0.4, 0.5) is 0 Å². The third-order valence-corrected chi connectivity index (χ3v) is 2.67. The van der Waals surface area contributed by atoms with Gasteiger partial charge in [0.25, 0.3) is 0 Å². The predicted molar refractivity (Wildman–Crippen MR) is 66.4 cm³/mol. The summed E-state index contributed by atoms with van der Waals surface area (Å²) in [6.07, 6.45) is 3.00. The van der Waals surface area contributed by atoms with Gasteiger partial charge < -0.3 is 9.84 Å². The molecule has 1 aromatic heterocycles. The van der Waals surface area contributed by atoms with Crippen LogP contribution in [-0.4, -0.2) is 15.1 Å². The maximum atomic E-state index is 8.81. The minimum atomic E-state index is -0.111. The van der Waals surface area contributed by atoms with Crippen molar-refractivity contribution in [3.63, 3.8) is 0 Å². The molecular formula is C12H11BrN2O2. The molecule has 0 spiro atoms. The number of hydrogen-bond acceptors (Lipinski definition) is 4. The smallest absolute Gasteiger partial charge is 0.232 e. The summed E-state index contributed by atoms with van der Waals surface area (Å²) < 4.78 is 6.50. The van der Waals surface area contributed by atoms with Crippen molar-refractivity contribution in [2.75, 3.05) is 0 Å². The van der Waals surface area contributed by atoms with Crippen molar-refractivity contribution in [3.8, 4) is 5.88 Å². The normalized spacial score (nSPS) is 10.2. The fraction of sp³-hybridized carbons (Fsp3) is 0.167. The van der Waals surface area contributed by atoms with E-state index in [1.165, 1.54) is 12.4 Å². The molecular weight excluding hydrogens is 284 g/mol. The fourth-order valence-electron chi connectivity index (χ4n) is 1.24. The Kier molecular flexibility index (Phi) is 4.06. The molecule has 0 atom stereocenters. The molecule has 88 valence electrons. The number of benzene rings is 1. The van der Waals surface area contributed by atoms with E-state index in [4.69, 9.17) is 9.84 Å². The van der Waals surface area contributed by atoms with E-state index in [0.717, 1.165) is 10.0 Å². The van der Waals surface area contributed by atoms with Crippen molar-refractivity contribution < 1.29 is 9.84 Å². The Morgan fingerprint density at radius 3 is 2.47 bits per heavy atom.